The van der Waals surface area contributed by atoms with Crippen LogP contribution < -0.4 is 15.8 Å². The maximum Gasteiger partial charge on any atom is 0.247 e. The van der Waals surface area contributed by atoms with E-state index in [0.717, 1.165) is 35.7 Å². The predicted molar refractivity (Wildman–Crippen MR) is 98.3 cm³/mol. The minimum atomic E-state index is -3.62. The van der Waals surface area contributed by atoms with Crippen LogP contribution in [0.15, 0.2) is 21.3 Å². The zero-order valence-corrected chi connectivity index (χ0v) is 16.2. The van der Waals surface area contributed by atoms with Crippen molar-refractivity contribution < 1.29 is 13.2 Å². The summed E-state index contributed by atoms with van der Waals surface area (Å²) in [6.45, 7) is 2.03. The third kappa shape index (κ3) is 5.99. The van der Waals surface area contributed by atoms with Gasteiger partial charge in [-0.05, 0) is 25.0 Å². The molecule has 1 aliphatic heterocycles. The zero-order valence-electron chi connectivity index (χ0n) is 12.2. The lowest BCUT2D eigenvalue weighted by Gasteiger charge is -2.14. The number of halogens is 1. The molecule has 0 spiro atoms. The molecule has 1 unspecified atom stereocenters. The third-order valence-corrected chi connectivity index (χ3v) is 5.62. The summed E-state index contributed by atoms with van der Waals surface area (Å²) in [5, 5.41) is 11.4. The Morgan fingerprint density at radius 2 is 2.27 bits per heavy atom. The van der Waals surface area contributed by atoms with Crippen molar-refractivity contribution in [2.45, 2.75) is 29.7 Å². The number of guanidine groups is 1. The number of ether oxygens (including phenoxy) is 1. The summed E-state index contributed by atoms with van der Waals surface area (Å²) in [6, 6.07) is 3.25. The first-order valence-corrected chi connectivity index (χ1v) is 9.03. The number of rotatable bonds is 5. The fourth-order valence-electron chi connectivity index (χ4n) is 2.01. The smallest absolute Gasteiger partial charge is 0.247 e. The number of hydrogen-bond donors (Lipinski definition) is 3. The van der Waals surface area contributed by atoms with Crippen molar-refractivity contribution in [3.05, 3.63) is 17.0 Å². The third-order valence-electron chi connectivity index (χ3n) is 3.09. The molecule has 0 amide bonds. The van der Waals surface area contributed by atoms with Gasteiger partial charge in [0.05, 0.1) is 12.6 Å². The first-order valence-electron chi connectivity index (χ1n) is 6.66. The SMILES string of the molecule is CN=C(NCc1ccc(S(N)(=O)=O)s1)NCC1CCCO1.I. The molecule has 1 saturated heterocycles. The topological polar surface area (TPSA) is 106 Å². The van der Waals surface area contributed by atoms with Gasteiger partial charge in [0.2, 0.25) is 10.0 Å². The molecule has 1 aliphatic rings. The maximum atomic E-state index is 11.2. The van der Waals surface area contributed by atoms with Crippen LogP contribution >= 0.6 is 35.3 Å². The number of primary sulfonamides is 1. The van der Waals surface area contributed by atoms with Gasteiger partial charge < -0.3 is 15.4 Å². The van der Waals surface area contributed by atoms with Gasteiger partial charge in [0.1, 0.15) is 4.21 Å². The summed E-state index contributed by atoms with van der Waals surface area (Å²) in [5.41, 5.74) is 0. The van der Waals surface area contributed by atoms with E-state index < -0.39 is 10.0 Å². The molecule has 0 bridgehead atoms. The Bertz CT molecular complexity index is 597. The molecular formula is C12H21IN4O3S2. The summed E-state index contributed by atoms with van der Waals surface area (Å²) in [6.07, 6.45) is 2.40. The van der Waals surface area contributed by atoms with Crippen LogP contribution in [0.25, 0.3) is 0 Å². The van der Waals surface area contributed by atoms with Crippen molar-refractivity contribution in [3.63, 3.8) is 0 Å². The molecule has 0 aliphatic carbocycles. The average molecular weight is 460 g/mol. The van der Waals surface area contributed by atoms with Crippen LogP contribution in [0.4, 0.5) is 0 Å². The van der Waals surface area contributed by atoms with Crippen molar-refractivity contribution in [3.8, 4) is 0 Å². The standard InChI is InChI=1S/C12H20N4O3S2.HI/c1-14-12(15-7-9-3-2-6-19-9)16-8-10-4-5-11(20-10)21(13,17)18;/h4-5,9H,2-3,6-8H2,1H3,(H2,13,17,18)(H2,14,15,16);1H. The van der Waals surface area contributed by atoms with Gasteiger partial charge in [-0.2, -0.15) is 0 Å². The van der Waals surface area contributed by atoms with Gasteiger partial charge in [-0.1, -0.05) is 0 Å². The Balaban J connectivity index is 0.00000242. The second-order valence-electron chi connectivity index (χ2n) is 4.71. The van der Waals surface area contributed by atoms with E-state index in [0.29, 0.717) is 19.0 Å². The number of nitrogens with one attached hydrogen (secondary N) is 2. The van der Waals surface area contributed by atoms with E-state index in [2.05, 4.69) is 15.6 Å². The summed E-state index contributed by atoms with van der Waals surface area (Å²) >= 11 is 1.15. The van der Waals surface area contributed by atoms with E-state index in [1.165, 1.54) is 6.07 Å². The summed E-state index contributed by atoms with van der Waals surface area (Å²) in [5.74, 6) is 0.663. The Labute approximate surface area is 151 Å². The van der Waals surface area contributed by atoms with Crippen LogP contribution in [0.2, 0.25) is 0 Å². The Hall–Kier alpha value is -0.430. The van der Waals surface area contributed by atoms with Crippen LogP contribution in [0, 0.1) is 0 Å². The zero-order chi connectivity index (χ0) is 15.3. The van der Waals surface area contributed by atoms with Crippen molar-refractivity contribution in [2.75, 3.05) is 20.2 Å². The highest BCUT2D eigenvalue weighted by atomic mass is 127. The van der Waals surface area contributed by atoms with E-state index >= 15 is 0 Å². The minimum Gasteiger partial charge on any atom is -0.376 e. The van der Waals surface area contributed by atoms with Gasteiger partial charge >= 0.3 is 0 Å². The lowest BCUT2D eigenvalue weighted by molar-refractivity contribution is 0.114. The molecule has 2 heterocycles. The second kappa shape index (κ2) is 9.01. The molecule has 2 rings (SSSR count). The van der Waals surface area contributed by atoms with Gasteiger partial charge in [0.25, 0.3) is 0 Å². The summed E-state index contributed by atoms with van der Waals surface area (Å²) in [7, 11) is -1.93. The van der Waals surface area contributed by atoms with E-state index in [1.54, 1.807) is 13.1 Å². The number of nitrogens with zero attached hydrogens (tertiary/aromatic N) is 1. The second-order valence-corrected chi connectivity index (χ2v) is 7.66. The van der Waals surface area contributed by atoms with Gasteiger partial charge in [-0.25, -0.2) is 13.6 Å². The van der Waals surface area contributed by atoms with Crippen LogP contribution in [-0.2, 0) is 21.3 Å². The quantitative estimate of drug-likeness (QED) is 0.344. The Morgan fingerprint density at radius 1 is 1.50 bits per heavy atom. The minimum absolute atomic E-state index is 0. The van der Waals surface area contributed by atoms with E-state index in [4.69, 9.17) is 9.88 Å². The van der Waals surface area contributed by atoms with Crippen LogP contribution in [0.3, 0.4) is 0 Å². The number of nitrogens with two attached hydrogens (primary N) is 1. The largest absolute Gasteiger partial charge is 0.376 e. The molecule has 4 N–H and O–H groups in total. The highest BCUT2D eigenvalue weighted by molar-refractivity contribution is 14.0. The lowest BCUT2D eigenvalue weighted by Crippen LogP contribution is -2.40. The van der Waals surface area contributed by atoms with Gasteiger partial charge in [0, 0.05) is 25.1 Å². The molecule has 22 heavy (non-hydrogen) atoms. The number of thiophene rings is 1. The molecule has 0 radical (unpaired) electrons. The molecule has 0 saturated carbocycles. The van der Waals surface area contributed by atoms with Gasteiger partial charge in [-0.3, -0.25) is 4.99 Å². The summed E-state index contributed by atoms with van der Waals surface area (Å²) < 4.78 is 28.1. The fourth-order valence-corrected chi connectivity index (χ4v) is 3.73. The van der Waals surface area contributed by atoms with Crippen LogP contribution in [0.1, 0.15) is 17.7 Å². The van der Waals surface area contributed by atoms with Crippen molar-refractivity contribution in [1.82, 2.24) is 10.6 Å². The van der Waals surface area contributed by atoms with E-state index in [9.17, 15) is 8.42 Å². The Morgan fingerprint density at radius 3 is 2.82 bits per heavy atom. The van der Waals surface area contributed by atoms with Crippen molar-refractivity contribution in [1.29, 1.82) is 0 Å². The van der Waals surface area contributed by atoms with Crippen LogP contribution in [-0.4, -0.2) is 40.7 Å². The monoisotopic (exact) mass is 460 g/mol. The lowest BCUT2D eigenvalue weighted by atomic mass is 10.2. The highest BCUT2D eigenvalue weighted by Crippen LogP contribution is 2.19. The predicted octanol–water partition coefficient (Wildman–Crippen LogP) is 0.857. The molecule has 1 aromatic rings. The highest BCUT2D eigenvalue weighted by Gasteiger charge is 2.15. The number of sulfonamides is 1. The molecule has 7 nitrogen and oxygen atoms in total. The first kappa shape index (κ1) is 19.6. The fraction of sp³-hybridized carbons (Fsp3) is 0.583. The van der Waals surface area contributed by atoms with Gasteiger partial charge in [-0.15, -0.1) is 35.3 Å². The first-order chi connectivity index (χ1) is 9.99. The molecule has 1 fully saturated rings. The molecular weight excluding hydrogens is 439 g/mol. The molecule has 10 heteroatoms. The normalized spacial score (nSPS) is 18.8. The van der Waals surface area contributed by atoms with Gasteiger partial charge in [0.15, 0.2) is 5.96 Å². The van der Waals surface area contributed by atoms with Crippen molar-refractivity contribution in [2.24, 2.45) is 10.1 Å². The Kier molecular flexibility index (Phi) is 8.03. The van der Waals surface area contributed by atoms with Crippen molar-refractivity contribution >= 4 is 51.3 Å². The number of aliphatic imine (C=N–C) groups is 1. The summed E-state index contributed by atoms with van der Waals surface area (Å²) in [4.78, 5) is 4.99. The average Bonchev–Trinajstić information content (AvgIpc) is 3.09. The van der Waals surface area contributed by atoms with E-state index in [1.807, 2.05) is 0 Å². The molecule has 1 aromatic heterocycles. The maximum absolute atomic E-state index is 11.2. The molecule has 126 valence electrons. The van der Waals surface area contributed by atoms with Crippen LogP contribution in [0.5, 0.6) is 0 Å². The van der Waals surface area contributed by atoms with E-state index in [-0.39, 0.29) is 34.3 Å². The number of hydrogen-bond acceptors (Lipinski definition) is 5. The molecule has 0 aromatic carbocycles. The molecule has 1 atom stereocenters.